The van der Waals surface area contributed by atoms with Gasteiger partial charge in [0, 0.05) is 34.5 Å². The summed E-state index contributed by atoms with van der Waals surface area (Å²) < 4.78 is 14.6. The van der Waals surface area contributed by atoms with Gasteiger partial charge in [0.15, 0.2) is 0 Å². The van der Waals surface area contributed by atoms with Crippen LogP contribution in [-0.2, 0) is 22.6 Å². The lowest BCUT2D eigenvalue weighted by Gasteiger charge is -2.32. The molecule has 0 heterocycles. The van der Waals surface area contributed by atoms with Crippen LogP contribution < -0.4 is 5.32 Å². The van der Waals surface area contributed by atoms with E-state index >= 15 is 0 Å². The highest BCUT2D eigenvalue weighted by molar-refractivity contribution is 8.00. The molecule has 0 saturated heterocycles. The molecule has 2 atom stereocenters. The Morgan fingerprint density at radius 3 is 2.31 bits per heavy atom. The maximum Gasteiger partial charge on any atom is 0.243 e. The fourth-order valence-corrected chi connectivity index (χ4v) is 4.47. The predicted octanol–water partition coefficient (Wildman–Crippen LogP) is 6.13. The van der Waals surface area contributed by atoms with Crippen molar-refractivity contribution >= 4 is 35.2 Å². The number of nitrogens with zero attached hydrogens (tertiary/aromatic N) is 1. The standard InChI is InChI=1S/C28H30ClFN2O2S/c1-3-20(2)31-28(34)26(17-21-9-5-4-6-10-21)32(18-22-11-7-8-12-25(22)30)27(33)19-35-24-15-13-23(29)14-16-24/h4-16,20,26H,3,17-19H2,1-2H3,(H,31,34)/t20-,26+/m0/s1. The maximum atomic E-state index is 14.6. The molecule has 0 aliphatic rings. The highest BCUT2D eigenvalue weighted by Gasteiger charge is 2.31. The van der Waals surface area contributed by atoms with Crippen molar-refractivity contribution in [3.63, 3.8) is 0 Å². The minimum absolute atomic E-state index is 0.00187. The molecule has 0 radical (unpaired) electrons. The third kappa shape index (κ3) is 8.11. The van der Waals surface area contributed by atoms with Crippen LogP contribution in [0.4, 0.5) is 4.39 Å². The predicted molar refractivity (Wildman–Crippen MR) is 141 cm³/mol. The van der Waals surface area contributed by atoms with Crippen molar-refractivity contribution in [1.82, 2.24) is 10.2 Å². The fraction of sp³-hybridized carbons (Fsp3) is 0.286. The van der Waals surface area contributed by atoms with Crippen LogP contribution in [-0.4, -0.2) is 34.6 Å². The molecule has 0 spiro atoms. The Hall–Kier alpha value is -2.83. The number of hydrogen-bond donors (Lipinski definition) is 1. The number of hydrogen-bond acceptors (Lipinski definition) is 3. The molecule has 0 bridgehead atoms. The van der Waals surface area contributed by atoms with Crippen LogP contribution in [0.2, 0.25) is 5.02 Å². The van der Waals surface area contributed by atoms with Crippen LogP contribution in [0.5, 0.6) is 0 Å². The van der Waals surface area contributed by atoms with Gasteiger partial charge >= 0.3 is 0 Å². The van der Waals surface area contributed by atoms with Crippen molar-refractivity contribution < 1.29 is 14.0 Å². The Kier molecular flexibility index (Phi) is 10.2. The molecule has 0 fully saturated rings. The van der Waals surface area contributed by atoms with E-state index in [0.717, 1.165) is 16.9 Å². The van der Waals surface area contributed by atoms with Crippen molar-refractivity contribution in [2.45, 2.75) is 50.2 Å². The SMILES string of the molecule is CC[C@H](C)NC(=O)[C@@H](Cc1ccccc1)N(Cc1ccccc1F)C(=O)CSc1ccc(Cl)cc1. The number of benzene rings is 3. The van der Waals surface area contributed by atoms with E-state index in [-0.39, 0.29) is 30.2 Å². The number of carbonyl (C=O) groups excluding carboxylic acids is 2. The average molecular weight is 513 g/mol. The second-order valence-electron chi connectivity index (χ2n) is 8.38. The zero-order valence-electron chi connectivity index (χ0n) is 19.9. The van der Waals surface area contributed by atoms with Crippen LogP contribution in [0.1, 0.15) is 31.4 Å². The Balaban J connectivity index is 1.91. The van der Waals surface area contributed by atoms with E-state index in [1.54, 1.807) is 30.3 Å². The summed E-state index contributed by atoms with van der Waals surface area (Å²) in [5.74, 6) is -0.785. The molecular weight excluding hydrogens is 483 g/mol. The van der Waals surface area contributed by atoms with Crippen molar-refractivity contribution in [3.05, 3.63) is 101 Å². The van der Waals surface area contributed by atoms with Gasteiger partial charge in [0.2, 0.25) is 11.8 Å². The highest BCUT2D eigenvalue weighted by Crippen LogP contribution is 2.23. The molecule has 0 aliphatic carbocycles. The lowest BCUT2D eigenvalue weighted by molar-refractivity contribution is -0.139. The molecule has 184 valence electrons. The third-order valence-electron chi connectivity index (χ3n) is 5.75. The van der Waals surface area contributed by atoms with E-state index in [0.29, 0.717) is 17.0 Å². The quantitative estimate of drug-likeness (QED) is 0.314. The fourth-order valence-electron chi connectivity index (χ4n) is 3.56. The zero-order chi connectivity index (χ0) is 25.2. The van der Waals surface area contributed by atoms with Crippen molar-refractivity contribution in [1.29, 1.82) is 0 Å². The Bertz CT molecular complexity index is 1110. The third-order valence-corrected chi connectivity index (χ3v) is 7.00. The molecule has 2 amide bonds. The van der Waals surface area contributed by atoms with Crippen molar-refractivity contribution in [2.75, 3.05) is 5.75 Å². The molecule has 3 rings (SSSR count). The van der Waals surface area contributed by atoms with Crippen LogP contribution in [0, 0.1) is 5.82 Å². The summed E-state index contributed by atoms with van der Waals surface area (Å²) in [6, 6.07) is 22.3. The van der Waals surface area contributed by atoms with E-state index < -0.39 is 11.9 Å². The van der Waals surface area contributed by atoms with Gasteiger partial charge in [0.05, 0.1) is 5.75 Å². The lowest BCUT2D eigenvalue weighted by atomic mass is 10.0. The number of thioether (sulfide) groups is 1. The van der Waals surface area contributed by atoms with Gasteiger partial charge in [-0.15, -0.1) is 11.8 Å². The molecule has 0 aromatic heterocycles. The first-order chi connectivity index (χ1) is 16.9. The van der Waals surface area contributed by atoms with E-state index in [1.165, 1.54) is 22.7 Å². The first-order valence-corrected chi connectivity index (χ1v) is 13.0. The number of nitrogens with one attached hydrogen (secondary N) is 1. The first-order valence-electron chi connectivity index (χ1n) is 11.6. The van der Waals surface area contributed by atoms with Crippen LogP contribution in [0.3, 0.4) is 0 Å². The smallest absolute Gasteiger partial charge is 0.243 e. The molecule has 0 aliphatic heterocycles. The molecule has 4 nitrogen and oxygen atoms in total. The Labute approximate surface area is 215 Å². The number of rotatable bonds is 11. The second-order valence-corrected chi connectivity index (χ2v) is 9.86. The minimum atomic E-state index is -0.788. The van der Waals surface area contributed by atoms with Crippen LogP contribution in [0.25, 0.3) is 0 Å². The minimum Gasteiger partial charge on any atom is -0.352 e. The topological polar surface area (TPSA) is 49.4 Å². The van der Waals surface area contributed by atoms with E-state index in [2.05, 4.69) is 5.32 Å². The van der Waals surface area contributed by atoms with Gasteiger partial charge in [-0.1, -0.05) is 67.1 Å². The molecule has 35 heavy (non-hydrogen) atoms. The number of amides is 2. The number of carbonyl (C=O) groups is 2. The summed E-state index contributed by atoms with van der Waals surface area (Å²) in [4.78, 5) is 29.4. The van der Waals surface area contributed by atoms with Gasteiger partial charge in [-0.05, 0) is 49.2 Å². The van der Waals surface area contributed by atoms with Crippen LogP contribution in [0.15, 0.2) is 83.8 Å². The normalized spacial score (nSPS) is 12.6. The Morgan fingerprint density at radius 1 is 1.00 bits per heavy atom. The van der Waals surface area contributed by atoms with Gasteiger partial charge in [-0.2, -0.15) is 0 Å². The second kappa shape index (κ2) is 13.3. The molecule has 0 unspecified atom stereocenters. The average Bonchev–Trinajstić information content (AvgIpc) is 2.87. The summed E-state index contributed by atoms with van der Waals surface area (Å²) in [5, 5.41) is 3.63. The van der Waals surface area contributed by atoms with E-state index in [1.807, 2.05) is 56.3 Å². The van der Waals surface area contributed by atoms with Crippen molar-refractivity contribution in [2.24, 2.45) is 0 Å². The molecule has 0 saturated carbocycles. The maximum absolute atomic E-state index is 14.6. The summed E-state index contributed by atoms with van der Waals surface area (Å²) in [7, 11) is 0. The Morgan fingerprint density at radius 2 is 1.66 bits per heavy atom. The van der Waals surface area contributed by atoms with Gasteiger partial charge in [-0.25, -0.2) is 4.39 Å². The number of halogens is 2. The van der Waals surface area contributed by atoms with Crippen LogP contribution >= 0.6 is 23.4 Å². The van der Waals surface area contributed by atoms with E-state index in [9.17, 15) is 14.0 Å². The van der Waals surface area contributed by atoms with Crippen molar-refractivity contribution in [3.8, 4) is 0 Å². The molecule has 1 N–H and O–H groups in total. The molecule has 3 aromatic rings. The monoisotopic (exact) mass is 512 g/mol. The first kappa shape index (κ1) is 26.8. The molecule has 3 aromatic carbocycles. The highest BCUT2D eigenvalue weighted by atomic mass is 35.5. The molecular formula is C28H30ClFN2O2S. The largest absolute Gasteiger partial charge is 0.352 e. The molecule has 7 heteroatoms. The van der Waals surface area contributed by atoms with Gasteiger partial charge in [0.25, 0.3) is 0 Å². The summed E-state index contributed by atoms with van der Waals surface area (Å²) in [6.45, 7) is 3.91. The van der Waals surface area contributed by atoms with Gasteiger partial charge in [-0.3, -0.25) is 9.59 Å². The lowest BCUT2D eigenvalue weighted by Crippen LogP contribution is -2.52. The van der Waals surface area contributed by atoms with E-state index in [4.69, 9.17) is 11.6 Å². The zero-order valence-corrected chi connectivity index (χ0v) is 21.5. The van der Waals surface area contributed by atoms with Gasteiger partial charge < -0.3 is 10.2 Å². The summed E-state index contributed by atoms with van der Waals surface area (Å²) >= 11 is 7.33. The summed E-state index contributed by atoms with van der Waals surface area (Å²) in [5.41, 5.74) is 1.29. The summed E-state index contributed by atoms with van der Waals surface area (Å²) in [6.07, 6.45) is 1.09. The van der Waals surface area contributed by atoms with Gasteiger partial charge in [0.1, 0.15) is 11.9 Å².